The van der Waals surface area contributed by atoms with Crippen LogP contribution in [0.25, 0.3) is 5.65 Å². The van der Waals surface area contributed by atoms with Gasteiger partial charge in [-0.15, -0.1) is 26.6 Å². The number of anilines is 2. The van der Waals surface area contributed by atoms with Gasteiger partial charge >= 0.3 is 0 Å². The van der Waals surface area contributed by atoms with Crippen molar-refractivity contribution in [1.29, 1.82) is 0 Å². The highest BCUT2D eigenvalue weighted by atomic mass is 32.1. The third-order valence-corrected chi connectivity index (χ3v) is 5.96. The van der Waals surface area contributed by atoms with Crippen molar-refractivity contribution in [3.63, 3.8) is 0 Å². The molecule has 24 heavy (non-hydrogen) atoms. The van der Waals surface area contributed by atoms with Crippen LogP contribution in [-0.2, 0) is 6.42 Å². The van der Waals surface area contributed by atoms with Crippen LogP contribution in [0.4, 0.5) is 10.9 Å². The van der Waals surface area contributed by atoms with Crippen LogP contribution >= 0.6 is 11.3 Å². The number of fused-ring (bicyclic) bond motifs is 2. The fourth-order valence-electron chi connectivity index (χ4n) is 3.92. The Morgan fingerprint density at radius 1 is 1.08 bits per heavy atom. The summed E-state index contributed by atoms with van der Waals surface area (Å²) in [5.74, 6) is 3.34. The van der Waals surface area contributed by atoms with Crippen molar-refractivity contribution in [2.75, 3.05) is 36.0 Å². The molecule has 2 saturated heterocycles. The van der Waals surface area contributed by atoms with Crippen molar-refractivity contribution in [1.82, 2.24) is 24.8 Å². The fourth-order valence-corrected chi connectivity index (χ4v) is 4.58. The third-order valence-electron chi connectivity index (χ3n) is 5.13. The monoisotopic (exact) mass is 341 g/mol. The summed E-state index contributed by atoms with van der Waals surface area (Å²) in [5, 5.41) is 16.4. The number of aromatic nitrogens is 5. The van der Waals surface area contributed by atoms with E-state index in [9.17, 15) is 0 Å². The zero-order valence-corrected chi connectivity index (χ0v) is 14.4. The van der Waals surface area contributed by atoms with Crippen LogP contribution in [0.15, 0.2) is 23.7 Å². The van der Waals surface area contributed by atoms with Gasteiger partial charge in [0.25, 0.3) is 0 Å². The Morgan fingerprint density at radius 3 is 2.58 bits per heavy atom. The maximum Gasteiger partial charge on any atom is 0.185 e. The molecule has 2 atom stereocenters. The van der Waals surface area contributed by atoms with Gasteiger partial charge in [0.2, 0.25) is 0 Å². The number of hydrogen-bond acceptors (Lipinski definition) is 7. The number of nitrogens with zero attached hydrogens (tertiary/aromatic N) is 7. The highest BCUT2D eigenvalue weighted by molar-refractivity contribution is 7.13. The van der Waals surface area contributed by atoms with Gasteiger partial charge in [-0.2, -0.15) is 4.52 Å². The van der Waals surface area contributed by atoms with Crippen molar-refractivity contribution in [3.8, 4) is 0 Å². The Balaban J connectivity index is 1.36. The maximum atomic E-state index is 4.78. The zero-order chi connectivity index (χ0) is 16.1. The molecule has 5 rings (SSSR count). The standard InChI is InChI=1S/C16H19N7S/c1-2-13-18-19-14-3-4-15(20-23(13)14)21-7-11-9-22(10-12(11)8-21)16-17-5-6-24-16/h3-6,11-12H,2,7-10H2,1H3. The van der Waals surface area contributed by atoms with Gasteiger partial charge in [-0.1, -0.05) is 6.92 Å². The molecule has 8 heteroatoms. The Hall–Kier alpha value is -2.22. The Morgan fingerprint density at radius 2 is 1.88 bits per heavy atom. The first-order valence-electron chi connectivity index (χ1n) is 8.42. The van der Waals surface area contributed by atoms with Crippen LogP contribution in [-0.4, -0.2) is 51.0 Å². The minimum atomic E-state index is 0.693. The summed E-state index contributed by atoms with van der Waals surface area (Å²) in [6.45, 7) is 6.41. The summed E-state index contributed by atoms with van der Waals surface area (Å²) in [5.41, 5.74) is 0.824. The second-order valence-electron chi connectivity index (χ2n) is 6.58. The van der Waals surface area contributed by atoms with Gasteiger partial charge in [0.05, 0.1) is 0 Å². The maximum absolute atomic E-state index is 4.78. The lowest BCUT2D eigenvalue weighted by Crippen LogP contribution is -2.29. The predicted octanol–water partition coefficient (Wildman–Crippen LogP) is 1.72. The summed E-state index contributed by atoms with van der Waals surface area (Å²) >= 11 is 1.73. The molecule has 7 nitrogen and oxygen atoms in total. The zero-order valence-electron chi connectivity index (χ0n) is 13.5. The van der Waals surface area contributed by atoms with Gasteiger partial charge in [0.1, 0.15) is 5.82 Å². The van der Waals surface area contributed by atoms with Gasteiger partial charge in [-0.25, -0.2) is 4.98 Å². The van der Waals surface area contributed by atoms with Crippen molar-refractivity contribution >= 4 is 27.9 Å². The van der Waals surface area contributed by atoms with Gasteiger partial charge in [-0.3, -0.25) is 0 Å². The molecule has 0 N–H and O–H groups in total. The minimum Gasteiger partial charge on any atom is -0.354 e. The Labute approximate surface area is 143 Å². The van der Waals surface area contributed by atoms with Crippen LogP contribution in [0.1, 0.15) is 12.7 Å². The number of rotatable bonds is 3. The van der Waals surface area contributed by atoms with E-state index < -0.39 is 0 Å². The molecule has 3 aromatic rings. The predicted molar refractivity (Wildman–Crippen MR) is 93.7 cm³/mol. The second-order valence-corrected chi connectivity index (χ2v) is 7.45. The van der Waals surface area contributed by atoms with Crippen molar-refractivity contribution in [2.24, 2.45) is 11.8 Å². The first-order valence-corrected chi connectivity index (χ1v) is 9.30. The van der Waals surface area contributed by atoms with Gasteiger partial charge in [-0.05, 0) is 12.1 Å². The van der Waals surface area contributed by atoms with E-state index in [1.54, 1.807) is 11.3 Å². The van der Waals surface area contributed by atoms with E-state index in [-0.39, 0.29) is 0 Å². The van der Waals surface area contributed by atoms with Crippen LogP contribution in [0.2, 0.25) is 0 Å². The number of thiazole rings is 1. The van der Waals surface area contributed by atoms with Crippen molar-refractivity contribution in [2.45, 2.75) is 13.3 Å². The minimum absolute atomic E-state index is 0.693. The molecule has 0 bridgehead atoms. The summed E-state index contributed by atoms with van der Waals surface area (Å²) in [6.07, 6.45) is 2.73. The molecule has 2 aliphatic heterocycles. The van der Waals surface area contributed by atoms with E-state index in [2.05, 4.69) is 43.4 Å². The van der Waals surface area contributed by atoms with Gasteiger partial charge < -0.3 is 9.80 Å². The average molecular weight is 341 g/mol. The first kappa shape index (κ1) is 14.2. The van der Waals surface area contributed by atoms with Crippen LogP contribution < -0.4 is 9.80 Å². The smallest absolute Gasteiger partial charge is 0.185 e. The van der Waals surface area contributed by atoms with E-state index in [0.717, 1.165) is 55.0 Å². The van der Waals surface area contributed by atoms with E-state index >= 15 is 0 Å². The van der Waals surface area contributed by atoms with E-state index in [1.165, 1.54) is 0 Å². The second kappa shape index (κ2) is 5.41. The van der Waals surface area contributed by atoms with E-state index in [1.807, 2.05) is 16.8 Å². The summed E-state index contributed by atoms with van der Waals surface area (Å²) in [4.78, 5) is 9.29. The fraction of sp³-hybridized carbons (Fsp3) is 0.500. The highest BCUT2D eigenvalue weighted by Gasteiger charge is 2.41. The molecule has 3 aromatic heterocycles. The third kappa shape index (κ3) is 2.16. The van der Waals surface area contributed by atoms with E-state index in [4.69, 9.17) is 5.10 Å². The van der Waals surface area contributed by atoms with Crippen molar-refractivity contribution in [3.05, 3.63) is 29.5 Å². The molecule has 0 spiro atoms. The summed E-state index contributed by atoms with van der Waals surface area (Å²) in [7, 11) is 0. The molecule has 5 heterocycles. The molecule has 0 aromatic carbocycles. The van der Waals surface area contributed by atoms with Crippen LogP contribution in [0, 0.1) is 11.8 Å². The molecule has 2 unspecified atom stereocenters. The quantitative estimate of drug-likeness (QED) is 0.723. The number of hydrogen-bond donors (Lipinski definition) is 0. The number of aryl methyl sites for hydroxylation is 1. The lowest BCUT2D eigenvalue weighted by Gasteiger charge is -2.22. The molecule has 0 aliphatic carbocycles. The largest absolute Gasteiger partial charge is 0.354 e. The Kier molecular flexibility index (Phi) is 3.19. The summed E-state index contributed by atoms with van der Waals surface area (Å²) in [6, 6.07) is 4.09. The molecule has 0 amide bonds. The first-order chi connectivity index (χ1) is 11.8. The van der Waals surface area contributed by atoms with Gasteiger partial charge in [0.15, 0.2) is 16.6 Å². The molecule has 2 aliphatic rings. The highest BCUT2D eigenvalue weighted by Crippen LogP contribution is 2.36. The Bertz CT molecular complexity index is 845. The van der Waals surface area contributed by atoms with Gasteiger partial charge in [0, 0.05) is 56.0 Å². The van der Waals surface area contributed by atoms with Crippen LogP contribution in [0.3, 0.4) is 0 Å². The normalized spacial score (nSPS) is 23.4. The average Bonchev–Trinajstić information content (AvgIpc) is 3.35. The summed E-state index contributed by atoms with van der Waals surface area (Å²) < 4.78 is 1.88. The molecule has 0 saturated carbocycles. The van der Waals surface area contributed by atoms with Crippen molar-refractivity contribution < 1.29 is 0 Å². The molecular formula is C16H19N7S. The SMILES string of the molecule is CCc1nnc2ccc(N3CC4CN(c5nccs5)CC4C3)nn12. The lowest BCUT2D eigenvalue weighted by molar-refractivity contribution is 0.533. The van der Waals surface area contributed by atoms with E-state index in [0.29, 0.717) is 11.8 Å². The topological polar surface area (TPSA) is 62.5 Å². The molecule has 124 valence electrons. The van der Waals surface area contributed by atoms with Crippen LogP contribution in [0.5, 0.6) is 0 Å². The molecule has 0 radical (unpaired) electrons. The molecule has 2 fully saturated rings. The lowest BCUT2D eigenvalue weighted by atomic mass is 10.0. The molecular weight excluding hydrogens is 322 g/mol.